The van der Waals surface area contributed by atoms with E-state index in [0.717, 1.165) is 11.4 Å². The number of hydrogen-bond acceptors (Lipinski definition) is 4. The van der Waals surface area contributed by atoms with Crippen LogP contribution in [0.4, 0.5) is 0 Å². The van der Waals surface area contributed by atoms with Gasteiger partial charge in [-0.3, -0.25) is 4.79 Å². The van der Waals surface area contributed by atoms with Crippen molar-refractivity contribution in [1.29, 1.82) is 0 Å². The topological polar surface area (TPSA) is 76.2 Å². The summed E-state index contributed by atoms with van der Waals surface area (Å²) in [5, 5.41) is 11.4. The number of nitrogens with two attached hydrogens (primary N) is 1. The predicted octanol–water partition coefficient (Wildman–Crippen LogP) is 1.82. The van der Waals surface area contributed by atoms with Gasteiger partial charge in [-0.1, -0.05) is 20.8 Å². The van der Waals surface area contributed by atoms with Gasteiger partial charge in [0.25, 0.3) is 0 Å². The van der Waals surface area contributed by atoms with Crippen molar-refractivity contribution in [2.24, 2.45) is 11.1 Å². The highest BCUT2D eigenvalue weighted by molar-refractivity contribution is 7.09. The highest BCUT2D eigenvalue weighted by Gasteiger charge is 2.19. The van der Waals surface area contributed by atoms with Gasteiger partial charge in [0.1, 0.15) is 6.04 Å². The molecule has 0 aliphatic heterocycles. The quantitative estimate of drug-likeness (QED) is 0.827. The SMILES string of the molecule is CC(C)(C)Cc1nc(C(N)C(=O)O)cs1. The van der Waals surface area contributed by atoms with Crippen LogP contribution in [0.15, 0.2) is 5.38 Å². The van der Waals surface area contributed by atoms with Crippen LogP contribution in [0.25, 0.3) is 0 Å². The van der Waals surface area contributed by atoms with Gasteiger partial charge in [0, 0.05) is 11.8 Å². The molecule has 5 heteroatoms. The molecule has 0 bridgehead atoms. The van der Waals surface area contributed by atoms with Gasteiger partial charge in [0.2, 0.25) is 0 Å². The fourth-order valence-corrected chi connectivity index (χ4v) is 2.26. The molecular formula is C10H16N2O2S. The number of carboxylic acid groups (broad SMARTS) is 1. The van der Waals surface area contributed by atoms with Crippen LogP contribution < -0.4 is 5.73 Å². The molecular weight excluding hydrogens is 212 g/mol. The summed E-state index contributed by atoms with van der Waals surface area (Å²) in [6.07, 6.45) is 0.837. The zero-order valence-electron chi connectivity index (χ0n) is 9.15. The smallest absolute Gasteiger partial charge is 0.326 e. The second-order valence-corrected chi connectivity index (χ2v) is 5.66. The third kappa shape index (κ3) is 3.60. The Morgan fingerprint density at radius 1 is 1.67 bits per heavy atom. The van der Waals surface area contributed by atoms with Crippen molar-refractivity contribution in [2.75, 3.05) is 0 Å². The Morgan fingerprint density at radius 3 is 2.73 bits per heavy atom. The van der Waals surface area contributed by atoms with Crippen molar-refractivity contribution in [2.45, 2.75) is 33.2 Å². The van der Waals surface area contributed by atoms with E-state index >= 15 is 0 Å². The van der Waals surface area contributed by atoms with Crippen LogP contribution in [0.2, 0.25) is 0 Å². The van der Waals surface area contributed by atoms with E-state index in [1.54, 1.807) is 5.38 Å². The van der Waals surface area contributed by atoms with Crippen LogP contribution in [-0.4, -0.2) is 16.1 Å². The van der Waals surface area contributed by atoms with E-state index in [0.29, 0.717) is 5.69 Å². The Balaban J connectivity index is 2.77. The standard InChI is InChI=1S/C10H16N2O2S/c1-10(2,3)4-7-12-6(5-15-7)8(11)9(13)14/h5,8H,4,11H2,1-3H3,(H,13,14). The third-order valence-corrected chi connectivity index (χ3v) is 2.70. The van der Waals surface area contributed by atoms with Gasteiger partial charge in [0.05, 0.1) is 10.7 Å². The van der Waals surface area contributed by atoms with E-state index in [1.807, 2.05) is 0 Å². The number of thiazole rings is 1. The molecule has 3 N–H and O–H groups in total. The molecule has 0 fully saturated rings. The molecule has 4 nitrogen and oxygen atoms in total. The van der Waals surface area contributed by atoms with Crippen molar-refractivity contribution in [3.8, 4) is 0 Å². The van der Waals surface area contributed by atoms with Gasteiger partial charge in [-0.2, -0.15) is 0 Å². The highest BCUT2D eigenvalue weighted by atomic mass is 32.1. The second kappa shape index (κ2) is 4.28. The van der Waals surface area contributed by atoms with Gasteiger partial charge < -0.3 is 10.8 Å². The lowest BCUT2D eigenvalue weighted by molar-refractivity contribution is -0.138. The van der Waals surface area contributed by atoms with Crippen molar-refractivity contribution in [1.82, 2.24) is 4.98 Å². The minimum atomic E-state index is -1.04. The molecule has 84 valence electrons. The second-order valence-electron chi connectivity index (χ2n) is 4.72. The minimum Gasteiger partial charge on any atom is -0.480 e. The number of rotatable bonds is 3. The van der Waals surface area contributed by atoms with Crippen LogP contribution >= 0.6 is 11.3 Å². The predicted molar refractivity (Wildman–Crippen MR) is 59.8 cm³/mol. The summed E-state index contributed by atoms with van der Waals surface area (Å²) in [4.78, 5) is 14.9. The number of aliphatic carboxylic acids is 1. The van der Waals surface area contributed by atoms with E-state index in [-0.39, 0.29) is 5.41 Å². The average molecular weight is 228 g/mol. The molecule has 1 heterocycles. The van der Waals surface area contributed by atoms with Gasteiger partial charge in [0.15, 0.2) is 0 Å². The summed E-state index contributed by atoms with van der Waals surface area (Å²) in [7, 11) is 0. The van der Waals surface area contributed by atoms with Crippen molar-refractivity contribution >= 4 is 17.3 Å². The van der Waals surface area contributed by atoms with Crippen molar-refractivity contribution in [3.63, 3.8) is 0 Å². The average Bonchev–Trinajstić information content (AvgIpc) is 2.48. The maximum absolute atomic E-state index is 10.6. The van der Waals surface area contributed by atoms with Gasteiger partial charge in [-0.15, -0.1) is 11.3 Å². The molecule has 0 radical (unpaired) electrons. The molecule has 0 aliphatic rings. The number of aromatic nitrogens is 1. The van der Waals surface area contributed by atoms with Crippen LogP contribution in [0.5, 0.6) is 0 Å². The molecule has 0 spiro atoms. The summed E-state index contributed by atoms with van der Waals surface area (Å²) >= 11 is 1.47. The van der Waals surface area contributed by atoms with E-state index < -0.39 is 12.0 Å². The Kier molecular flexibility index (Phi) is 3.46. The van der Waals surface area contributed by atoms with Crippen molar-refractivity contribution < 1.29 is 9.90 Å². The Labute approximate surface area is 93.1 Å². The molecule has 15 heavy (non-hydrogen) atoms. The van der Waals surface area contributed by atoms with Crippen LogP contribution in [-0.2, 0) is 11.2 Å². The Bertz CT molecular complexity index is 355. The number of hydrogen-bond donors (Lipinski definition) is 2. The lowest BCUT2D eigenvalue weighted by atomic mass is 9.93. The maximum Gasteiger partial charge on any atom is 0.326 e. The molecule has 1 unspecified atom stereocenters. The highest BCUT2D eigenvalue weighted by Crippen LogP contribution is 2.24. The monoisotopic (exact) mass is 228 g/mol. The summed E-state index contributed by atoms with van der Waals surface area (Å²) in [5.41, 5.74) is 6.07. The molecule has 0 aliphatic carbocycles. The van der Waals surface area contributed by atoms with Gasteiger partial charge in [-0.05, 0) is 5.41 Å². The number of nitrogens with zero attached hydrogens (tertiary/aromatic N) is 1. The first-order valence-corrected chi connectivity index (χ1v) is 5.60. The first-order valence-electron chi connectivity index (χ1n) is 4.72. The van der Waals surface area contributed by atoms with E-state index in [2.05, 4.69) is 25.8 Å². The largest absolute Gasteiger partial charge is 0.480 e. The fraction of sp³-hybridized carbons (Fsp3) is 0.600. The molecule has 0 aromatic carbocycles. The number of carboxylic acids is 1. The van der Waals surface area contributed by atoms with Gasteiger partial charge >= 0.3 is 5.97 Å². The molecule has 0 amide bonds. The molecule has 1 aromatic heterocycles. The summed E-state index contributed by atoms with van der Waals surface area (Å²) in [6, 6.07) is -1.00. The van der Waals surface area contributed by atoms with Crippen LogP contribution in [0, 0.1) is 5.41 Å². The van der Waals surface area contributed by atoms with Crippen molar-refractivity contribution in [3.05, 3.63) is 16.1 Å². The first-order chi connectivity index (χ1) is 6.79. The fourth-order valence-electron chi connectivity index (χ4n) is 1.13. The summed E-state index contributed by atoms with van der Waals surface area (Å²) in [6.45, 7) is 6.35. The Morgan fingerprint density at radius 2 is 2.27 bits per heavy atom. The van der Waals surface area contributed by atoms with E-state index in [4.69, 9.17) is 10.8 Å². The lowest BCUT2D eigenvalue weighted by Gasteiger charge is -2.15. The summed E-state index contributed by atoms with van der Waals surface area (Å²) < 4.78 is 0. The third-order valence-electron chi connectivity index (χ3n) is 1.84. The first kappa shape index (κ1) is 12.1. The minimum absolute atomic E-state index is 0.155. The van der Waals surface area contributed by atoms with Crippen LogP contribution in [0.1, 0.15) is 37.5 Å². The molecule has 1 atom stereocenters. The molecule has 1 rings (SSSR count). The zero-order chi connectivity index (χ0) is 11.6. The van der Waals surface area contributed by atoms with E-state index in [1.165, 1.54) is 11.3 Å². The molecule has 0 saturated carbocycles. The molecule has 0 saturated heterocycles. The van der Waals surface area contributed by atoms with E-state index in [9.17, 15) is 4.79 Å². The van der Waals surface area contributed by atoms with Crippen LogP contribution in [0.3, 0.4) is 0 Å². The lowest BCUT2D eigenvalue weighted by Crippen LogP contribution is -2.21. The normalized spacial score (nSPS) is 13.9. The molecule has 1 aromatic rings. The number of carbonyl (C=O) groups is 1. The summed E-state index contributed by atoms with van der Waals surface area (Å²) in [5.74, 6) is -1.04. The Hall–Kier alpha value is -0.940. The zero-order valence-corrected chi connectivity index (χ0v) is 9.97. The maximum atomic E-state index is 10.6. The van der Waals surface area contributed by atoms with Gasteiger partial charge in [-0.25, -0.2) is 4.98 Å².